The summed E-state index contributed by atoms with van der Waals surface area (Å²) in [6.45, 7) is 1.22. The van der Waals surface area contributed by atoms with Crippen molar-refractivity contribution in [2.75, 3.05) is 18.5 Å². The maximum atomic E-state index is 9.35. The molecule has 2 atom stereocenters. The highest BCUT2D eigenvalue weighted by molar-refractivity contribution is 5.78. The van der Waals surface area contributed by atoms with Gasteiger partial charge in [0, 0.05) is 20.2 Å². The molecule has 0 spiro atoms. The van der Waals surface area contributed by atoms with E-state index in [4.69, 9.17) is 0 Å². The first-order chi connectivity index (χ1) is 9.29. The lowest BCUT2D eigenvalue weighted by molar-refractivity contribution is 0.198. The number of nitrogens with one attached hydrogen (secondary N) is 1. The second-order valence-electron chi connectivity index (χ2n) is 5.50. The van der Waals surface area contributed by atoms with E-state index in [0.717, 1.165) is 29.9 Å². The normalized spacial score (nSPS) is 23.1. The molecule has 2 N–H and O–H groups in total. The van der Waals surface area contributed by atoms with Gasteiger partial charge in [-0.3, -0.25) is 0 Å². The van der Waals surface area contributed by atoms with Crippen LogP contribution in [0.5, 0.6) is 0 Å². The number of anilines is 1. The van der Waals surface area contributed by atoms with Crippen LogP contribution in [0.15, 0.2) is 24.3 Å². The molecule has 2 unspecified atom stereocenters. The SMILES string of the molecule is Cn1c(NCC2CCCC2CO)nc2ccccc21. The van der Waals surface area contributed by atoms with Crippen LogP contribution in [0, 0.1) is 11.8 Å². The molecule has 3 rings (SSSR count). The van der Waals surface area contributed by atoms with Gasteiger partial charge in [0.1, 0.15) is 0 Å². The third-order valence-corrected chi connectivity index (χ3v) is 4.36. The molecule has 0 amide bonds. The van der Waals surface area contributed by atoms with Crippen LogP contribution in [-0.2, 0) is 7.05 Å². The molecule has 4 nitrogen and oxygen atoms in total. The van der Waals surface area contributed by atoms with E-state index in [0.29, 0.717) is 18.4 Å². The van der Waals surface area contributed by atoms with Crippen molar-refractivity contribution < 1.29 is 5.11 Å². The van der Waals surface area contributed by atoms with E-state index in [1.54, 1.807) is 0 Å². The second-order valence-corrected chi connectivity index (χ2v) is 5.50. The van der Waals surface area contributed by atoms with Gasteiger partial charge in [0.25, 0.3) is 0 Å². The highest BCUT2D eigenvalue weighted by atomic mass is 16.3. The molecule has 1 aliphatic rings. The minimum absolute atomic E-state index is 0.314. The van der Waals surface area contributed by atoms with Crippen molar-refractivity contribution in [3.05, 3.63) is 24.3 Å². The van der Waals surface area contributed by atoms with Crippen LogP contribution < -0.4 is 5.32 Å². The van der Waals surface area contributed by atoms with Gasteiger partial charge in [-0.05, 0) is 36.8 Å². The molecule has 0 aliphatic heterocycles. The molecule has 0 radical (unpaired) electrons. The maximum Gasteiger partial charge on any atom is 0.203 e. The van der Waals surface area contributed by atoms with Gasteiger partial charge in [0.05, 0.1) is 11.0 Å². The number of imidazole rings is 1. The lowest BCUT2D eigenvalue weighted by atomic mass is 9.97. The zero-order valence-corrected chi connectivity index (χ0v) is 11.3. The van der Waals surface area contributed by atoms with Gasteiger partial charge in [-0.15, -0.1) is 0 Å². The Bertz CT molecular complexity index is 564. The zero-order valence-electron chi connectivity index (χ0n) is 11.3. The summed E-state index contributed by atoms with van der Waals surface area (Å²) in [4.78, 5) is 4.61. The number of fused-ring (bicyclic) bond motifs is 1. The first-order valence-corrected chi connectivity index (χ1v) is 7.06. The topological polar surface area (TPSA) is 50.1 Å². The quantitative estimate of drug-likeness (QED) is 0.886. The second kappa shape index (κ2) is 5.21. The van der Waals surface area contributed by atoms with Crippen LogP contribution in [0.2, 0.25) is 0 Å². The van der Waals surface area contributed by atoms with Gasteiger partial charge in [-0.1, -0.05) is 18.6 Å². The molecule has 0 bridgehead atoms. The van der Waals surface area contributed by atoms with E-state index in [1.165, 1.54) is 12.8 Å². The lowest BCUT2D eigenvalue weighted by Gasteiger charge is -2.18. The molecule has 2 aromatic rings. The van der Waals surface area contributed by atoms with Crippen LogP contribution in [0.25, 0.3) is 11.0 Å². The fraction of sp³-hybridized carbons (Fsp3) is 0.533. The maximum absolute atomic E-state index is 9.35. The standard InChI is InChI=1S/C15H21N3O/c1-18-14-8-3-2-7-13(14)17-15(18)16-9-11-5-4-6-12(11)10-19/h2-3,7-8,11-12,19H,4-6,9-10H2,1H3,(H,16,17). The van der Waals surface area contributed by atoms with Crippen molar-refractivity contribution in [1.29, 1.82) is 0 Å². The molecule has 1 fully saturated rings. The number of benzene rings is 1. The fourth-order valence-corrected chi connectivity index (χ4v) is 3.15. The molecular formula is C15H21N3O. The smallest absolute Gasteiger partial charge is 0.203 e. The largest absolute Gasteiger partial charge is 0.396 e. The molecule has 1 saturated carbocycles. The molecule has 1 aromatic heterocycles. The van der Waals surface area contributed by atoms with E-state index in [9.17, 15) is 5.11 Å². The van der Waals surface area contributed by atoms with Crippen LogP contribution in [0.3, 0.4) is 0 Å². The molecule has 1 aromatic carbocycles. The van der Waals surface area contributed by atoms with E-state index in [1.807, 2.05) is 25.2 Å². The molecular weight excluding hydrogens is 238 g/mol. The Morgan fingerprint density at radius 1 is 1.32 bits per heavy atom. The first kappa shape index (κ1) is 12.5. The molecule has 19 heavy (non-hydrogen) atoms. The molecule has 1 aliphatic carbocycles. The summed E-state index contributed by atoms with van der Waals surface area (Å²) < 4.78 is 2.10. The number of hydrogen-bond acceptors (Lipinski definition) is 3. The molecule has 102 valence electrons. The predicted molar refractivity (Wildman–Crippen MR) is 77.1 cm³/mol. The zero-order chi connectivity index (χ0) is 13.2. The van der Waals surface area contributed by atoms with Crippen LogP contribution in [0.4, 0.5) is 5.95 Å². The third-order valence-electron chi connectivity index (χ3n) is 4.36. The van der Waals surface area contributed by atoms with Gasteiger partial charge in [-0.2, -0.15) is 0 Å². The number of aromatic nitrogens is 2. The summed E-state index contributed by atoms with van der Waals surface area (Å²) in [5.41, 5.74) is 2.17. The third kappa shape index (κ3) is 2.32. The summed E-state index contributed by atoms with van der Waals surface area (Å²) in [5.74, 6) is 1.96. The number of para-hydroxylation sites is 2. The monoisotopic (exact) mass is 259 g/mol. The van der Waals surface area contributed by atoms with Gasteiger partial charge < -0.3 is 15.0 Å². The van der Waals surface area contributed by atoms with Gasteiger partial charge in [-0.25, -0.2) is 4.98 Å². The number of aliphatic hydroxyl groups excluding tert-OH is 1. The Labute approximate surface area is 113 Å². The molecule has 1 heterocycles. The van der Waals surface area contributed by atoms with Crippen molar-refractivity contribution in [1.82, 2.24) is 9.55 Å². The number of hydrogen-bond donors (Lipinski definition) is 2. The highest BCUT2D eigenvalue weighted by Gasteiger charge is 2.26. The van der Waals surface area contributed by atoms with Gasteiger partial charge >= 0.3 is 0 Å². The summed E-state index contributed by atoms with van der Waals surface area (Å²) in [6, 6.07) is 8.16. The Kier molecular flexibility index (Phi) is 3.42. The summed E-state index contributed by atoms with van der Waals surface area (Å²) >= 11 is 0. The minimum atomic E-state index is 0.314. The van der Waals surface area contributed by atoms with Crippen molar-refractivity contribution >= 4 is 17.0 Å². The van der Waals surface area contributed by atoms with Crippen molar-refractivity contribution in [2.45, 2.75) is 19.3 Å². The average Bonchev–Trinajstić information content (AvgIpc) is 3.01. The predicted octanol–water partition coefficient (Wildman–Crippen LogP) is 2.39. The van der Waals surface area contributed by atoms with E-state index >= 15 is 0 Å². The van der Waals surface area contributed by atoms with E-state index in [-0.39, 0.29) is 0 Å². The number of aryl methyl sites for hydroxylation is 1. The Hall–Kier alpha value is -1.55. The summed E-state index contributed by atoms with van der Waals surface area (Å²) in [5, 5.41) is 12.8. The lowest BCUT2D eigenvalue weighted by Crippen LogP contribution is -2.21. The summed E-state index contributed by atoms with van der Waals surface area (Å²) in [6.07, 6.45) is 3.60. The Morgan fingerprint density at radius 3 is 2.89 bits per heavy atom. The Morgan fingerprint density at radius 2 is 2.11 bits per heavy atom. The number of rotatable bonds is 4. The van der Waals surface area contributed by atoms with E-state index in [2.05, 4.69) is 20.9 Å². The average molecular weight is 259 g/mol. The van der Waals surface area contributed by atoms with Gasteiger partial charge in [0.2, 0.25) is 5.95 Å². The Balaban J connectivity index is 1.73. The van der Waals surface area contributed by atoms with Crippen LogP contribution in [-0.4, -0.2) is 27.8 Å². The van der Waals surface area contributed by atoms with Crippen LogP contribution >= 0.6 is 0 Å². The van der Waals surface area contributed by atoms with Crippen LogP contribution in [0.1, 0.15) is 19.3 Å². The fourth-order valence-electron chi connectivity index (χ4n) is 3.15. The minimum Gasteiger partial charge on any atom is -0.396 e. The summed E-state index contributed by atoms with van der Waals surface area (Å²) in [7, 11) is 2.04. The van der Waals surface area contributed by atoms with Crippen molar-refractivity contribution in [3.8, 4) is 0 Å². The molecule has 0 saturated heterocycles. The van der Waals surface area contributed by atoms with Crippen molar-refractivity contribution in [3.63, 3.8) is 0 Å². The first-order valence-electron chi connectivity index (χ1n) is 7.06. The molecule has 4 heteroatoms. The number of nitrogens with zero attached hydrogens (tertiary/aromatic N) is 2. The highest BCUT2D eigenvalue weighted by Crippen LogP contribution is 2.31. The number of aliphatic hydroxyl groups is 1. The van der Waals surface area contributed by atoms with Gasteiger partial charge in [0.15, 0.2) is 0 Å². The van der Waals surface area contributed by atoms with E-state index < -0.39 is 0 Å². The van der Waals surface area contributed by atoms with Crippen molar-refractivity contribution in [2.24, 2.45) is 18.9 Å².